The molecule has 2 N–H and O–H groups in total. The second-order valence-corrected chi connectivity index (χ2v) is 9.59. The first-order valence-corrected chi connectivity index (χ1v) is 11.6. The van der Waals surface area contributed by atoms with Crippen molar-refractivity contribution < 1.29 is 14.3 Å². The summed E-state index contributed by atoms with van der Waals surface area (Å²) in [5, 5.41) is 5.40. The number of nitrogens with zero attached hydrogens (tertiary/aromatic N) is 2. The molecule has 0 saturated carbocycles. The van der Waals surface area contributed by atoms with E-state index in [0.29, 0.717) is 5.69 Å². The van der Waals surface area contributed by atoms with Crippen molar-refractivity contribution in [3.8, 4) is 0 Å². The Bertz CT molecular complexity index is 901. The van der Waals surface area contributed by atoms with Crippen molar-refractivity contribution in [1.29, 1.82) is 0 Å². The number of amides is 2. The van der Waals surface area contributed by atoms with Gasteiger partial charge in [-0.1, -0.05) is 42.5 Å². The van der Waals surface area contributed by atoms with Crippen LogP contribution in [0.5, 0.6) is 0 Å². The first-order chi connectivity index (χ1) is 15.7. The van der Waals surface area contributed by atoms with Crippen LogP contribution in [0.1, 0.15) is 38.8 Å². The zero-order valence-corrected chi connectivity index (χ0v) is 20.1. The van der Waals surface area contributed by atoms with Crippen LogP contribution in [-0.4, -0.2) is 59.6 Å². The number of carbonyl (C=O) groups is 2. The number of piperazine rings is 1. The number of hydrogen-bond acceptors (Lipinski definition) is 5. The molecular weight excluding hydrogens is 416 g/mol. The highest BCUT2D eigenvalue weighted by molar-refractivity contribution is 5.96. The second-order valence-electron chi connectivity index (χ2n) is 9.59. The number of anilines is 1. The van der Waals surface area contributed by atoms with Crippen LogP contribution in [0, 0.1) is 0 Å². The lowest BCUT2D eigenvalue weighted by Crippen LogP contribution is -2.45. The first kappa shape index (κ1) is 24.7. The summed E-state index contributed by atoms with van der Waals surface area (Å²) in [6.45, 7) is 13.1. The Balaban J connectivity index is 1.41. The number of alkyl carbamates (subject to hydrolysis) is 1. The van der Waals surface area contributed by atoms with Crippen LogP contribution in [0.25, 0.3) is 0 Å². The van der Waals surface area contributed by atoms with E-state index >= 15 is 0 Å². The van der Waals surface area contributed by atoms with Gasteiger partial charge in [0, 0.05) is 45.0 Å². The fourth-order valence-corrected chi connectivity index (χ4v) is 3.70. The van der Waals surface area contributed by atoms with Crippen LogP contribution < -0.4 is 10.6 Å². The average Bonchev–Trinajstić information content (AvgIpc) is 2.76. The molecule has 1 aliphatic rings. The molecular formula is C26H36N4O3. The Morgan fingerprint density at radius 2 is 1.39 bits per heavy atom. The maximum atomic E-state index is 12.4. The van der Waals surface area contributed by atoms with Crippen LogP contribution in [0.3, 0.4) is 0 Å². The molecule has 0 unspecified atom stereocenters. The Morgan fingerprint density at radius 1 is 0.879 bits per heavy atom. The van der Waals surface area contributed by atoms with Gasteiger partial charge < -0.3 is 15.4 Å². The summed E-state index contributed by atoms with van der Waals surface area (Å²) in [5.41, 5.74) is 2.67. The minimum Gasteiger partial charge on any atom is -0.444 e. The third-order valence-corrected chi connectivity index (χ3v) is 5.47. The van der Waals surface area contributed by atoms with Crippen molar-refractivity contribution in [2.75, 3.05) is 31.5 Å². The number of hydrogen-bond donors (Lipinski definition) is 2. The van der Waals surface area contributed by atoms with Crippen LogP contribution in [0.4, 0.5) is 10.5 Å². The zero-order valence-electron chi connectivity index (χ0n) is 20.1. The number of benzene rings is 2. The highest BCUT2D eigenvalue weighted by atomic mass is 16.6. The highest BCUT2D eigenvalue weighted by Crippen LogP contribution is 2.15. The van der Waals surface area contributed by atoms with Crippen molar-refractivity contribution in [3.63, 3.8) is 0 Å². The van der Waals surface area contributed by atoms with E-state index in [4.69, 9.17) is 4.74 Å². The van der Waals surface area contributed by atoms with Gasteiger partial charge in [-0.05, 0) is 51.0 Å². The minimum atomic E-state index is -0.702. The molecule has 1 aliphatic heterocycles. The van der Waals surface area contributed by atoms with Crippen molar-refractivity contribution >= 4 is 17.7 Å². The summed E-state index contributed by atoms with van der Waals surface area (Å²) in [6, 6.07) is 17.8. The van der Waals surface area contributed by atoms with E-state index in [1.165, 1.54) is 11.1 Å². The molecule has 178 valence electrons. The van der Waals surface area contributed by atoms with Crippen LogP contribution in [0.15, 0.2) is 54.6 Å². The zero-order chi connectivity index (χ0) is 23.8. The number of ether oxygens (including phenoxy) is 1. The van der Waals surface area contributed by atoms with Crippen molar-refractivity contribution in [2.45, 2.75) is 52.4 Å². The second kappa shape index (κ2) is 11.3. The largest absolute Gasteiger partial charge is 0.444 e. The Kier molecular flexibility index (Phi) is 8.47. The number of nitrogens with one attached hydrogen (secondary N) is 2. The summed E-state index contributed by atoms with van der Waals surface area (Å²) in [6.07, 6.45) is -0.607. The quantitative estimate of drug-likeness (QED) is 0.667. The Hall–Kier alpha value is -2.90. The lowest BCUT2D eigenvalue weighted by Gasteiger charge is -2.34. The predicted octanol–water partition coefficient (Wildman–Crippen LogP) is 3.86. The topological polar surface area (TPSA) is 73.9 Å². The van der Waals surface area contributed by atoms with Gasteiger partial charge in [0.15, 0.2) is 0 Å². The van der Waals surface area contributed by atoms with Gasteiger partial charge in [-0.15, -0.1) is 0 Å². The van der Waals surface area contributed by atoms with Gasteiger partial charge in [0.25, 0.3) is 0 Å². The molecule has 1 fully saturated rings. The highest BCUT2D eigenvalue weighted by Gasteiger charge is 2.21. The molecule has 7 heteroatoms. The lowest BCUT2D eigenvalue weighted by molar-refractivity contribution is -0.117. The molecule has 0 aromatic heterocycles. The molecule has 0 bridgehead atoms. The molecule has 33 heavy (non-hydrogen) atoms. The molecule has 1 atom stereocenters. The average molecular weight is 453 g/mol. The molecule has 3 rings (SSSR count). The third-order valence-electron chi connectivity index (χ3n) is 5.47. The van der Waals surface area contributed by atoms with Gasteiger partial charge >= 0.3 is 6.09 Å². The fourth-order valence-electron chi connectivity index (χ4n) is 3.70. The van der Waals surface area contributed by atoms with Crippen LogP contribution in [-0.2, 0) is 22.6 Å². The maximum Gasteiger partial charge on any atom is 0.408 e. The SMILES string of the molecule is C[C@@H](NC(=O)OC(C)(C)C)C(=O)Nc1ccc(CN2CCN(Cc3ccccc3)CC2)cc1. The van der Waals surface area contributed by atoms with E-state index in [9.17, 15) is 9.59 Å². The molecule has 1 heterocycles. The van der Waals surface area contributed by atoms with E-state index in [0.717, 1.165) is 39.3 Å². The molecule has 2 aromatic carbocycles. The predicted molar refractivity (Wildman–Crippen MR) is 131 cm³/mol. The third kappa shape index (κ3) is 8.51. The van der Waals surface area contributed by atoms with Gasteiger partial charge in [-0.3, -0.25) is 14.6 Å². The Morgan fingerprint density at radius 3 is 1.91 bits per heavy atom. The van der Waals surface area contributed by atoms with E-state index in [1.807, 2.05) is 24.3 Å². The van der Waals surface area contributed by atoms with E-state index in [1.54, 1.807) is 27.7 Å². The fraction of sp³-hybridized carbons (Fsp3) is 0.462. The summed E-state index contributed by atoms with van der Waals surface area (Å²) < 4.78 is 5.20. The van der Waals surface area contributed by atoms with E-state index in [-0.39, 0.29) is 5.91 Å². The van der Waals surface area contributed by atoms with E-state index in [2.05, 4.69) is 50.8 Å². The molecule has 0 aliphatic carbocycles. The van der Waals surface area contributed by atoms with Gasteiger partial charge in [0.1, 0.15) is 11.6 Å². The summed E-state index contributed by atoms with van der Waals surface area (Å²) in [4.78, 5) is 29.2. The van der Waals surface area contributed by atoms with Gasteiger partial charge in [0.05, 0.1) is 0 Å². The lowest BCUT2D eigenvalue weighted by atomic mass is 10.1. The summed E-state index contributed by atoms with van der Waals surface area (Å²) in [5.74, 6) is -0.289. The molecule has 0 spiro atoms. The van der Waals surface area contributed by atoms with Crippen molar-refractivity contribution in [2.24, 2.45) is 0 Å². The molecule has 2 aromatic rings. The number of carbonyl (C=O) groups excluding carboxylic acids is 2. The van der Waals surface area contributed by atoms with Crippen molar-refractivity contribution in [1.82, 2.24) is 15.1 Å². The maximum absolute atomic E-state index is 12.4. The normalized spacial score (nSPS) is 16.1. The van der Waals surface area contributed by atoms with Crippen LogP contribution in [0.2, 0.25) is 0 Å². The van der Waals surface area contributed by atoms with Gasteiger partial charge in [-0.25, -0.2) is 4.79 Å². The van der Waals surface area contributed by atoms with Gasteiger partial charge in [0.2, 0.25) is 5.91 Å². The van der Waals surface area contributed by atoms with Crippen molar-refractivity contribution in [3.05, 3.63) is 65.7 Å². The van der Waals surface area contributed by atoms with Gasteiger partial charge in [-0.2, -0.15) is 0 Å². The first-order valence-electron chi connectivity index (χ1n) is 11.6. The summed E-state index contributed by atoms with van der Waals surface area (Å²) in [7, 11) is 0. The minimum absolute atomic E-state index is 0.289. The smallest absolute Gasteiger partial charge is 0.408 e. The Labute approximate surface area is 197 Å². The van der Waals surface area contributed by atoms with Crippen LogP contribution >= 0.6 is 0 Å². The standard InChI is InChI=1S/C26H36N4O3/c1-20(27-25(32)33-26(2,3)4)24(31)28-23-12-10-22(11-13-23)19-30-16-14-29(15-17-30)18-21-8-6-5-7-9-21/h5-13,20H,14-19H2,1-4H3,(H,27,32)(H,28,31)/t20-/m1/s1. The molecule has 2 amide bonds. The van der Waals surface area contributed by atoms with E-state index < -0.39 is 17.7 Å². The molecule has 7 nitrogen and oxygen atoms in total. The molecule has 1 saturated heterocycles. The summed E-state index contributed by atoms with van der Waals surface area (Å²) >= 11 is 0. The number of rotatable bonds is 7. The molecule has 0 radical (unpaired) electrons. The monoisotopic (exact) mass is 452 g/mol.